The molecule has 1 saturated heterocycles. The van der Waals surface area contributed by atoms with Crippen LogP contribution in [0.4, 0.5) is 4.79 Å². The zero-order chi connectivity index (χ0) is 13.7. The molecule has 6 heteroatoms. The lowest BCUT2D eigenvalue weighted by atomic mass is 10.2. The third-order valence-electron chi connectivity index (χ3n) is 3.27. The van der Waals surface area contributed by atoms with Crippen LogP contribution in [0.25, 0.3) is 0 Å². The molecular formula is C13H20N2O3S. The second-order valence-corrected chi connectivity index (χ2v) is 5.60. The van der Waals surface area contributed by atoms with Gasteiger partial charge in [-0.05, 0) is 31.2 Å². The number of hydrogen-bond acceptors (Lipinski definition) is 4. The zero-order valence-electron chi connectivity index (χ0n) is 11.3. The first-order chi connectivity index (χ1) is 9.18. The second-order valence-electron chi connectivity index (χ2n) is 4.62. The number of carbonyl (C=O) groups excluding carboxylic acids is 1. The van der Waals surface area contributed by atoms with Crippen LogP contribution in [0.15, 0.2) is 17.5 Å². The number of amides is 2. The second kappa shape index (κ2) is 6.88. The predicted molar refractivity (Wildman–Crippen MR) is 73.7 cm³/mol. The van der Waals surface area contributed by atoms with Crippen molar-refractivity contribution in [2.75, 3.05) is 13.7 Å². The smallest absolute Gasteiger partial charge is 0.341 e. The summed E-state index contributed by atoms with van der Waals surface area (Å²) in [6, 6.07) is 3.77. The summed E-state index contributed by atoms with van der Waals surface area (Å²) in [7, 11) is 1.75. The van der Waals surface area contributed by atoms with E-state index in [0.717, 1.165) is 24.1 Å². The van der Waals surface area contributed by atoms with E-state index in [1.165, 1.54) is 0 Å². The largest absolute Gasteiger partial charge is 0.350 e. The third-order valence-corrected chi connectivity index (χ3v) is 4.31. The van der Waals surface area contributed by atoms with Crippen molar-refractivity contribution in [2.24, 2.45) is 0 Å². The van der Waals surface area contributed by atoms with Gasteiger partial charge in [-0.2, -0.15) is 0 Å². The monoisotopic (exact) mass is 284 g/mol. The molecule has 0 saturated carbocycles. The topological polar surface area (TPSA) is 50.8 Å². The first-order valence-electron chi connectivity index (χ1n) is 6.52. The Morgan fingerprint density at radius 2 is 2.47 bits per heavy atom. The van der Waals surface area contributed by atoms with Crippen LogP contribution in [0.5, 0.6) is 0 Å². The van der Waals surface area contributed by atoms with Crippen LogP contribution in [0.1, 0.15) is 37.1 Å². The molecule has 1 fully saturated rings. The Hall–Kier alpha value is -1.11. The van der Waals surface area contributed by atoms with Crippen LogP contribution in [-0.4, -0.2) is 30.9 Å². The molecule has 19 heavy (non-hydrogen) atoms. The van der Waals surface area contributed by atoms with Crippen molar-refractivity contribution < 1.29 is 14.4 Å². The van der Waals surface area contributed by atoms with Crippen molar-refractivity contribution in [1.29, 1.82) is 0 Å². The highest BCUT2D eigenvalue weighted by molar-refractivity contribution is 7.10. The van der Waals surface area contributed by atoms with Crippen LogP contribution >= 0.6 is 11.3 Å². The van der Waals surface area contributed by atoms with Crippen LogP contribution < -0.4 is 5.48 Å². The van der Waals surface area contributed by atoms with Gasteiger partial charge in [0.1, 0.15) is 0 Å². The molecular weight excluding hydrogens is 264 g/mol. The van der Waals surface area contributed by atoms with E-state index in [1.807, 2.05) is 24.4 Å². The van der Waals surface area contributed by atoms with E-state index in [0.29, 0.717) is 6.61 Å². The molecule has 2 amide bonds. The average molecular weight is 284 g/mol. The molecule has 1 aromatic rings. The summed E-state index contributed by atoms with van der Waals surface area (Å²) in [6.07, 6.45) is 2.64. The Labute approximate surface area is 117 Å². The fourth-order valence-corrected chi connectivity index (χ4v) is 2.71. The molecule has 1 aromatic heterocycles. The minimum atomic E-state index is -0.317. The molecule has 0 aliphatic carbocycles. The van der Waals surface area contributed by atoms with Gasteiger partial charge in [0.15, 0.2) is 6.29 Å². The summed E-state index contributed by atoms with van der Waals surface area (Å²) in [5, 5.41) is 2.00. The summed E-state index contributed by atoms with van der Waals surface area (Å²) in [4.78, 5) is 20.0. The number of rotatable bonds is 4. The Kier molecular flexibility index (Phi) is 5.18. The first kappa shape index (κ1) is 14.3. The van der Waals surface area contributed by atoms with Crippen molar-refractivity contribution in [3.63, 3.8) is 0 Å². The lowest BCUT2D eigenvalue weighted by Crippen LogP contribution is -2.41. The molecule has 0 bridgehead atoms. The Balaban J connectivity index is 1.78. The normalized spacial score (nSPS) is 20.8. The molecule has 1 aliphatic heterocycles. The van der Waals surface area contributed by atoms with Gasteiger partial charge >= 0.3 is 6.03 Å². The molecule has 0 radical (unpaired) electrons. The highest BCUT2D eigenvalue weighted by atomic mass is 32.1. The van der Waals surface area contributed by atoms with Gasteiger partial charge in [-0.3, -0.25) is 0 Å². The molecule has 2 rings (SSSR count). The van der Waals surface area contributed by atoms with Gasteiger partial charge in [0, 0.05) is 25.0 Å². The number of nitrogens with zero attached hydrogens (tertiary/aromatic N) is 1. The highest BCUT2D eigenvalue weighted by Crippen LogP contribution is 2.23. The first-order valence-corrected chi connectivity index (χ1v) is 7.40. The number of urea groups is 1. The number of hydrogen-bond donors (Lipinski definition) is 1. The molecule has 1 N–H and O–H groups in total. The van der Waals surface area contributed by atoms with E-state index >= 15 is 0 Å². The molecule has 0 unspecified atom stereocenters. The number of hydroxylamine groups is 1. The summed E-state index contributed by atoms with van der Waals surface area (Å²) < 4.78 is 5.39. The fraction of sp³-hybridized carbons (Fsp3) is 0.615. The number of ether oxygens (including phenoxy) is 1. The van der Waals surface area contributed by atoms with Gasteiger partial charge in [-0.25, -0.2) is 15.1 Å². The summed E-state index contributed by atoms with van der Waals surface area (Å²) in [6.45, 7) is 2.69. The van der Waals surface area contributed by atoms with E-state index < -0.39 is 0 Å². The predicted octanol–water partition coefficient (Wildman–Crippen LogP) is 2.91. The van der Waals surface area contributed by atoms with E-state index in [1.54, 1.807) is 23.3 Å². The summed E-state index contributed by atoms with van der Waals surface area (Å²) in [5.74, 6) is 0. The molecule has 2 heterocycles. The van der Waals surface area contributed by atoms with Crippen molar-refractivity contribution in [1.82, 2.24) is 10.4 Å². The maximum Gasteiger partial charge on any atom is 0.341 e. The van der Waals surface area contributed by atoms with E-state index in [4.69, 9.17) is 9.57 Å². The summed E-state index contributed by atoms with van der Waals surface area (Å²) >= 11 is 1.64. The molecule has 2 atom stereocenters. The van der Waals surface area contributed by atoms with Crippen molar-refractivity contribution in [3.8, 4) is 0 Å². The van der Waals surface area contributed by atoms with E-state index in [9.17, 15) is 4.79 Å². The van der Waals surface area contributed by atoms with Gasteiger partial charge < -0.3 is 9.64 Å². The summed E-state index contributed by atoms with van der Waals surface area (Å²) in [5.41, 5.74) is 2.46. The average Bonchev–Trinajstić information content (AvgIpc) is 2.98. The molecule has 5 nitrogen and oxygen atoms in total. The quantitative estimate of drug-likeness (QED) is 0.865. The van der Waals surface area contributed by atoms with E-state index in [-0.39, 0.29) is 18.4 Å². The molecule has 1 aliphatic rings. The van der Waals surface area contributed by atoms with E-state index in [2.05, 4.69) is 5.48 Å². The maximum atomic E-state index is 12.0. The lowest BCUT2D eigenvalue weighted by molar-refractivity contribution is -0.187. The Bertz CT molecular complexity index is 391. The van der Waals surface area contributed by atoms with Crippen LogP contribution in [0.2, 0.25) is 0 Å². The van der Waals surface area contributed by atoms with Gasteiger partial charge in [0.2, 0.25) is 0 Å². The standard InChI is InChI=1S/C13H20N2O3S/c1-10(11-6-5-9-19-11)15(2)13(16)14-18-12-7-3-4-8-17-12/h5-6,9-10,12H,3-4,7-8H2,1-2H3,(H,14,16)/t10-,12+/m0/s1. The third kappa shape index (κ3) is 3.92. The van der Waals surface area contributed by atoms with Crippen molar-refractivity contribution >= 4 is 17.4 Å². The molecule has 106 valence electrons. The minimum Gasteiger partial charge on any atom is -0.350 e. The van der Waals surface area contributed by atoms with Crippen LogP contribution in [0.3, 0.4) is 0 Å². The number of carbonyl (C=O) groups is 1. The number of nitrogens with one attached hydrogen (secondary N) is 1. The molecule has 0 aromatic carbocycles. The van der Waals surface area contributed by atoms with Crippen molar-refractivity contribution in [3.05, 3.63) is 22.4 Å². The van der Waals surface area contributed by atoms with Crippen molar-refractivity contribution in [2.45, 2.75) is 38.5 Å². The van der Waals surface area contributed by atoms with Crippen LogP contribution in [-0.2, 0) is 9.57 Å². The van der Waals surface area contributed by atoms with Gasteiger partial charge in [0.05, 0.1) is 6.04 Å². The Morgan fingerprint density at radius 1 is 1.63 bits per heavy atom. The van der Waals surface area contributed by atoms with Gasteiger partial charge in [-0.15, -0.1) is 11.3 Å². The lowest BCUT2D eigenvalue weighted by Gasteiger charge is -2.26. The SMILES string of the molecule is C[C@@H](c1cccs1)N(C)C(=O)NO[C@@H]1CCCCO1. The van der Waals surface area contributed by atoms with Crippen LogP contribution in [0, 0.1) is 0 Å². The number of thiophene rings is 1. The minimum absolute atomic E-state index is 0.0240. The maximum absolute atomic E-state index is 12.0. The van der Waals surface area contributed by atoms with Gasteiger partial charge in [0.25, 0.3) is 0 Å². The Morgan fingerprint density at radius 3 is 3.11 bits per heavy atom. The molecule has 0 spiro atoms. The van der Waals surface area contributed by atoms with Gasteiger partial charge in [-0.1, -0.05) is 6.07 Å². The zero-order valence-corrected chi connectivity index (χ0v) is 12.1. The highest BCUT2D eigenvalue weighted by Gasteiger charge is 2.20. The fourth-order valence-electron chi connectivity index (χ4n) is 1.89.